The predicted octanol–water partition coefficient (Wildman–Crippen LogP) is 6.59. The maximum Gasteiger partial charge on any atom is -0.0394 e. The van der Waals surface area contributed by atoms with E-state index in [1.807, 2.05) is 0 Å². The first kappa shape index (κ1) is 17.0. The Morgan fingerprint density at radius 1 is 0.647 bits per heavy atom. The Bertz CT molecular complexity index is 137. The van der Waals surface area contributed by atoms with Gasteiger partial charge in [0.2, 0.25) is 0 Å². The van der Waals surface area contributed by atoms with Gasteiger partial charge in [-0.3, -0.25) is 0 Å². The third kappa shape index (κ3) is 10.9. The second-order valence-corrected chi connectivity index (χ2v) is 6.03. The van der Waals surface area contributed by atoms with E-state index >= 15 is 0 Å². The van der Waals surface area contributed by atoms with Crippen molar-refractivity contribution in [1.29, 1.82) is 0 Å². The summed E-state index contributed by atoms with van der Waals surface area (Å²) >= 11 is 0. The first-order valence-corrected chi connectivity index (χ1v) is 8.22. The summed E-state index contributed by atoms with van der Waals surface area (Å²) < 4.78 is 0. The van der Waals surface area contributed by atoms with Gasteiger partial charge < -0.3 is 0 Å². The second kappa shape index (κ2) is 12.5. The summed E-state index contributed by atoms with van der Waals surface area (Å²) in [6.07, 6.45) is 15.9. The minimum absolute atomic E-state index is 0.883. The van der Waals surface area contributed by atoms with Crippen molar-refractivity contribution in [2.24, 2.45) is 11.8 Å². The Hall–Kier alpha value is 0. The highest BCUT2D eigenvalue weighted by molar-refractivity contribution is 4.61. The van der Waals surface area contributed by atoms with E-state index in [1.54, 1.807) is 0 Å². The van der Waals surface area contributed by atoms with Gasteiger partial charge in [-0.15, -0.1) is 0 Å². The molecule has 0 radical (unpaired) electrons. The van der Waals surface area contributed by atoms with Crippen LogP contribution in [0.3, 0.4) is 0 Å². The molecule has 0 N–H and O–H groups in total. The van der Waals surface area contributed by atoms with Crippen molar-refractivity contribution in [3.63, 3.8) is 0 Å². The van der Waals surface area contributed by atoms with Crippen molar-refractivity contribution in [2.75, 3.05) is 0 Å². The molecule has 1 atom stereocenters. The van der Waals surface area contributed by atoms with E-state index in [4.69, 9.17) is 0 Å². The summed E-state index contributed by atoms with van der Waals surface area (Å²) in [5.41, 5.74) is 0. The zero-order valence-corrected chi connectivity index (χ0v) is 12.9. The second-order valence-electron chi connectivity index (χ2n) is 6.03. The van der Waals surface area contributed by atoms with Crippen LogP contribution >= 0.6 is 0 Å². The summed E-state index contributed by atoms with van der Waals surface area (Å²) in [7, 11) is 0. The van der Waals surface area contributed by atoms with Crippen LogP contribution in [0.5, 0.6) is 0 Å². The van der Waals surface area contributed by atoms with Gasteiger partial charge in [-0.1, -0.05) is 98.3 Å². The van der Waals surface area contributed by atoms with Crippen molar-refractivity contribution < 1.29 is 0 Å². The fourth-order valence-electron chi connectivity index (χ4n) is 2.73. The van der Waals surface area contributed by atoms with Crippen molar-refractivity contribution in [2.45, 2.75) is 98.3 Å². The average molecular weight is 240 g/mol. The van der Waals surface area contributed by atoms with Crippen LogP contribution in [0.15, 0.2) is 0 Å². The Kier molecular flexibility index (Phi) is 12.5. The van der Waals surface area contributed by atoms with Crippen molar-refractivity contribution in [3.8, 4) is 0 Å². The fourth-order valence-corrected chi connectivity index (χ4v) is 2.73. The Labute approximate surface area is 111 Å². The van der Waals surface area contributed by atoms with Gasteiger partial charge >= 0.3 is 0 Å². The molecule has 0 fully saturated rings. The van der Waals surface area contributed by atoms with Gasteiger partial charge in [0.05, 0.1) is 0 Å². The summed E-state index contributed by atoms with van der Waals surface area (Å²) in [6.45, 7) is 9.39. The van der Waals surface area contributed by atoms with Gasteiger partial charge in [-0.2, -0.15) is 0 Å². The predicted molar refractivity (Wildman–Crippen MR) is 80.5 cm³/mol. The van der Waals surface area contributed by atoms with Crippen LogP contribution in [0.2, 0.25) is 0 Å². The topological polar surface area (TPSA) is 0 Å². The third-order valence-corrected chi connectivity index (χ3v) is 4.15. The number of hydrogen-bond donors (Lipinski definition) is 0. The van der Waals surface area contributed by atoms with Gasteiger partial charge in [0.25, 0.3) is 0 Å². The Morgan fingerprint density at radius 3 is 1.53 bits per heavy atom. The van der Waals surface area contributed by atoms with Crippen LogP contribution in [0.25, 0.3) is 0 Å². The van der Waals surface area contributed by atoms with E-state index in [9.17, 15) is 0 Å². The van der Waals surface area contributed by atoms with Gasteiger partial charge in [0.15, 0.2) is 0 Å². The third-order valence-electron chi connectivity index (χ3n) is 4.15. The van der Waals surface area contributed by atoms with Crippen LogP contribution in [0.1, 0.15) is 98.3 Å². The molecule has 0 aliphatic rings. The first-order chi connectivity index (χ1) is 8.22. The lowest BCUT2D eigenvalue weighted by molar-refractivity contribution is 0.335. The molecule has 0 aliphatic heterocycles. The molecule has 0 saturated carbocycles. The average Bonchev–Trinajstić information content (AvgIpc) is 2.31. The zero-order valence-electron chi connectivity index (χ0n) is 12.9. The number of rotatable bonds is 12. The molecule has 104 valence electrons. The summed E-state index contributed by atoms with van der Waals surface area (Å²) in [6, 6.07) is 0. The molecule has 0 aromatic rings. The van der Waals surface area contributed by atoms with E-state index in [-0.39, 0.29) is 0 Å². The molecule has 0 aromatic carbocycles. The monoisotopic (exact) mass is 240 g/mol. The maximum absolute atomic E-state index is 2.38. The highest BCUT2D eigenvalue weighted by atomic mass is 14.2. The van der Waals surface area contributed by atoms with E-state index in [0.717, 1.165) is 11.8 Å². The molecule has 0 bridgehead atoms. The van der Waals surface area contributed by atoms with Crippen LogP contribution in [0.4, 0.5) is 0 Å². The fraction of sp³-hybridized carbons (Fsp3) is 1.00. The van der Waals surface area contributed by atoms with Crippen LogP contribution in [-0.4, -0.2) is 0 Å². The molecule has 0 amide bonds. The molecule has 0 aliphatic carbocycles. The minimum Gasteiger partial charge on any atom is -0.0654 e. The molecule has 17 heavy (non-hydrogen) atoms. The van der Waals surface area contributed by atoms with Crippen LogP contribution < -0.4 is 0 Å². The molecule has 0 heteroatoms. The normalized spacial score (nSPS) is 13.2. The highest BCUT2D eigenvalue weighted by Crippen LogP contribution is 2.22. The molecule has 0 rings (SSSR count). The lowest BCUT2D eigenvalue weighted by atomic mass is 9.88. The molecular formula is C17H36. The Balaban J connectivity index is 3.17. The minimum atomic E-state index is 0.883. The molecule has 0 heterocycles. The maximum atomic E-state index is 2.38. The molecule has 0 spiro atoms. The van der Waals surface area contributed by atoms with Gasteiger partial charge in [0, 0.05) is 0 Å². The summed E-state index contributed by atoms with van der Waals surface area (Å²) in [5.74, 6) is 1.86. The summed E-state index contributed by atoms with van der Waals surface area (Å²) in [4.78, 5) is 0. The van der Waals surface area contributed by atoms with E-state index in [1.165, 1.54) is 70.6 Å². The van der Waals surface area contributed by atoms with Crippen molar-refractivity contribution in [1.82, 2.24) is 0 Å². The lowest BCUT2D eigenvalue weighted by Gasteiger charge is -2.18. The largest absolute Gasteiger partial charge is 0.0654 e. The molecule has 0 aromatic heterocycles. The zero-order chi connectivity index (χ0) is 12.9. The standard InChI is InChI=1S/C17H36/c1-5-7-8-9-10-11-12-13-14-15-17(6-2)16(3)4/h16-17H,5-15H2,1-4H3. The van der Waals surface area contributed by atoms with E-state index < -0.39 is 0 Å². The highest BCUT2D eigenvalue weighted by Gasteiger charge is 2.09. The van der Waals surface area contributed by atoms with E-state index in [0.29, 0.717) is 0 Å². The molecule has 1 unspecified atom stereocenters. The molecule has 0 nitrogen and oxygen atoms in total. The number of unbranched alkanes of at least 4 members (excludes halogenated alkanes) is 8. The van der Waals surface area contributed by atoms with Gasteiger partial charge in [0.1, 0.15) is 0 Å². The Morgan fingerprint density at radius 2 is 1.12 bits per heavy atom. The van der Waals surface area contributed by atoms with E-state index in [2.05, 4.69) is 27.7 Å². The lowest BCUT2D eigenvalue weighted by Crippen LogP contribution is -2.06. The van der Waals surface area contributed by atoms with Crippen molar-refractivity contribution >= 4 is 0 Å². The smallest absolute Gasteiger partial charge is 0.0394 e. The SMILES string of the molecule is CCCCCCCCCCCC(CC)C(C)C. The molecule has 0 saturated heterocycles. The van der Waals surface area contributed by atoms with Crippen LogP contribution in [0, 0.1) is 11.8 Å². The molecular weight excluding hydrogens is 204 g/mol. The van der Waals surface area contributed by atoms with Gasteiger partial charge in [-0.05, 0) is 11.8 Å². The number of hydrogen-bond acceptors (Lipinski definition) is 0. The first-order valence-electron chi connectivity index (χ1n) is 8.22. The van der Waals surface area contributed by atoms with Gasteiger partial charge in [-0.25, -0.2) is 0 Å². The summed E-state index contributed by atoms with van der Waals surface area (Å²) in [5, 5.41) is 0. The quantitative estimate of drug-likeness (QED) is 0.338. The van der Waals surface area contributed by atoms with Crippen molar-refractivity contribution in [3.05, 3.63) is 0 Å². The van der Waals surface area contributed by atoms with Crippen LogP contribution in [-0.2, 0) is 0 Å².